The molecule has 1 aliphatic heterocycles. The van der Waals surface area contributed by atoms with E-state index in [0.29, 0.717) is 23.1 Å². The Balaban J connectivity index is 1.65. The topological polar surface area (TPSA) is 66.5 Å². The van der Waals surface area contributed by atoms with E-state index in [-0.39, 0.29) is 22.4 Å². The lowest BCUT2D eigenvalue weighted by atomic mass is 10.1. The number of hydrogen-bond donors (Lipinski definition) is 1. The predicted octanol–water partition coefficient (Wildman–Crippen LogP) is 5.35. The number of hydrogen-bond acceptors (Lipinski definition) is 3. The molecule has 10 heteroatoms. The SMILES string of the molecule is O=C(C1CCCC1)N1CCc2cc(Br)c(S(=O)(=O)Nc3cccc(C(F)(F)F)c3)cc21. The Morgan fingerprint density at radius 1 is 1.13 bits per heavy atom. The van der Waals surface area contributed by atoms with Gasteiger partial charge < -0.3 is 4.90 Å². The number of halogens is 4. The van der Waals surface area contributed by atoms with Crippen LogP contribution in [0.25, 0.3) is 0 Å². The fraction of sp³-hybridized carbons (Fsp3) is 0.381. The van der Waals surface area contributed by atoms with E-state index in [4.69, 9.17) is 0 Å². The van der Waals surface area contributed by atoms with E-state index in [1.165, 1.54) is 12.1 Å². The highest BCUT2D eigenvalue weighted by Gasteiger charge is 2.34. The van der Waals surface area contributed by atoms with Gasteiger partial charge in [-0.2, -0.15) is 13.2 Å². The lowest BCUT2D eigenvalue weighted by Gasteiger charge is -2.22. The van der Waals surface area contributed by atoms with Crippen LogP contribution in [0.2, 0.25) is 0 Å². The quantitative estimate of drug-likeness (QED) is 0.595. The van der Waals surface area contributed by atoms with Crippen LogP contribution in [0, 0.1) is 5.92 Å². The van der Waals surface area contributed by atoms with Crippen molar-refractivity contribution in [3.05, 3.63) is 52.0 Å². The van der Waals surface area contributed by atoms with E-state index in [0.717, 1.165) is 49.4 Å². The molecule has 0 saturated heterocycles. The summed E-state index contributed by atoms with van der Waals surface area (Å²) in [5.41, 5.74) is 0.260. The molecular weight excluding hydrogens is 497 g/mol. The van der Waals surface area contributed by atoms with Gasteiger partial charge in [-0.1, -0.05) is 18.9 Å². The van der Waals surface area contributed by atoms with Gasteiger partial charge in [0, 0.05) is 28.3 Å². The van der Waals surface area contributed by atoms with Gasteiger partial charge in [0.05, 0.1) is 5.56 Å². The van der Waals surface area contributed by atoms with Crippen molar-refractivity contribution >= 4 is 43.2 Å². The van der Waals surface area contributed by atoms with Crippen molar-refractivity contribution in [3.8, 4) is 0 Å². The molecule has 0 spiro atoms. The van der Waals surface area contributed by atoms with E-state index < -0.39 is 21.8 Å². The van der Waals surface area contributed by atoms with Crippen molar-refractivity contribution in [2.24, 2.45) is 5.92 Å². The molecule has 166 valence electrons. The molecule has 1 amide bonds. The zero-order valence-electron chi connectivity index (χ0n) is 16.4. The molecule has 0 unspecified atom stereocenters. The van der Waals surface area contributed by atoms with Crippen LogP contribution in [0.1, 0.15) is 36.8 Å². The second-order valence-corrected chi connectivity index (χ2v) is 10.3. The molecule has 0 atom stereocenters. The van der Waals surface area contributed by atoms with E-state index in [1.54, 1.807) is 11.0 Å². The Labute approximate surface area is 186 Å². The average Bonchev–Trinajstić information content (AvgIpc) is 3.36. The summed E-state index contributed by atoms with van der Waals surface area (Å²) in [5.74, 6) is -0.0364. The number of rotatable bonds is 4. The molecule has 31 heavy (non-hydrogen) atoms. The first-order valence-electron chi connectivity index (χ1n) is 9.90. The summed E-state index contributed by atoms with van der Waals surface area (Å²) in [5, 5.41) is 0. The highest BCUT2D eigenvalue weighted by Crippen LogP contribution is 2.38. The summed E-state index contributed by atoms with van der Waals surface area (Å²) in [7, 11) is -4.20. The number of nitrogens with zero attached hydrogens (tertiary/aromatic N) is 1. The molecule has 1 fully saturated rings. The first-order chi connectivity index (χ1) is 14.6. The summed E-state index contributed by atoms with van der Waals surface area (Å²) in [6, 6.07) is 7.10. The average molecular weight is 517 g/mol. The highest BCUT2D eigenvalue weighted by molar-refractivity contribution is 9.10. The fourth-order valence-electron chi connectivity index (χ4n) is 4.19. The van der Waals surface area contributed by atoms with Crippen LogP contribution in [0.5, 0.6) is 0 Å². The van der Waals surface area contributed by atoms with Crippen LogP contribution in [0.3, 0.4) is 0 Å². The largest absolute Gasteiger partial charge is 0.416 e. The first-order valence-corrected chi connectivity index (χ1v) is 12.2. The summed E-state index contributed by atoms with van der Waals surface area (Å²) in [4.78, 5) is 14.4. The summed E-state index contributed by atoms with van der Waals surface area (Å²) >= 11 is 3.27. The Morgan fingerprint density at radius 3 is 2.52 bits per heavy atom. The third-order valence-electron chi connectivity index (χ3n) is 5.73. The smallest absolute Gasteiger partial charge is 0.312 e. The maximum Gasteiger partial charge on any atom is 0.416 e. The second-order valence-electron chi connectivity index (χ2n) is 7.82. The van der Waals surface area contributed by atoms with Crippen LogP contribution in [0.15, 0.2) is 45.8 Å². The Bertz CT molecular complexity index is 1130. The monoisotopic (exact) mass is 516 g/mol. The van der Waals surface area contributed by atoms with Crippen molar-refractivity contribution in [2.75, 3.05) is 16.2 Å². The first kappa shape index (κ1) is 22.1. The van der Waals surface area contributed by atoms with E-state index in [1.807, 2.05) is 0 Å². The number of fused-ring (bicyclic) bond motifs is 1. The molecule has 0 radical (unpaired) electrons. The summed E-state index contributed by atoms with van der Waals surface area (Å²) in [6.45, 7) is 0.488. The minimum Gasteiger partial charge on any atom is -0.312 e. The normalized spacial score (nSPS) is 17.1. The zero-order chi connectivity index (χ0) is 22.4. The number of carbonyl (C=O) groups excluding carboxylic acids is 1. The number of carbonyl (C=O) groups is 1. The van der Waals surface area contributed by atoms with E-state index in [9.17, 15) is 26.4 Å². The molecule has 1 heterocycles. The van der Waals surface area contributed by atoms with Crippen LogP contribution < -0.4 is 9.62 Å². The van der Waals surface area contributed by atoms with Crippen molar-refractivity contribution in [2.45, 2.75) is 43.2 Å². The Kier molecular flexibility index (Phi) is 5.80. The third kappa shape index (κ3) is 4.45. The van der Waals surface area contributed by atoms with Gasteiger partial charge in [-0.3, -0.25) is 9.52 Å². The Morgan fingerprint density at radius 2 is 1.84 bits per heavy atom. The number of nitrogens with one attached hydrogen (secondary N) is 1. The number of sulfonamides is 1. The van der Waals surface area contributed by atoms with Gasteiger partial charge in [-0.05, 0) is 71.1 Å². The molecule has 2 aromatic rings. The number of anilines is 2. The van der Waals surface area contributed by atoms with Crippen LogP contribution in [-0.4, -0.2) is 20.9 Å². The van der Waals surface area contributed by atoms with Crippen LogP contribution >= 0.6 is 15.9 Å². The van der Waals surface area contributed by atoms with Crippen molar-refractivity contribution in [3.63, 3.8) is 0 Å². The Hall–Kier alpha value is -2.07. The van der Waals surface area contributed by atoms with Crippen molar-refractivity contribution in [1.82, 2.24) is 0 Å². The molecule has 0 bridgehead atoms. The van der Waals surface area contributed by atoms with Gasteiger partial charge in [0.1, 0.15) is 4.90 Å². The van der Waals surface area contributed by atoms with Gasteiger partial charge in [0.25, 0.3) is 10.0 Å². The molecule has 1 saturated carbocycles. The fourth-order valence-corrected chi connectivity index (χ4v) is 6.34. The molecule has 5 nitrogen and oxygen atoms in total. The maximum absolute atomic E-state index is 13.0. The van der Waals surface area contributed by atoms with Gasteiger partial charge >= 0.3 is 6.18 Å². The second kappa shape index (κ2) is 8.12. The maximum atomic E-state index is 13.0. The number of alkyl halides is 3. The van der Waals surface area contributed by atoms with Crippen LogP contribution in [0.4, 0.5) is 24.5 Å². The number of benzene rings is 2. The molecule has 1 aliphatic carbocycles. The zero-order valence-corrected chi connectivity index (χ0v) is 18.8. The molecule has 2 aromatic carbocycles. The van der Waals surface area contributed by atoms with Crippen LogP contribution in [-0.2, 0) is 27.4 Å². The number of amides is 1. The molecular formula is C21H20BrF3N2O3S. The van der Waals surface area contributed by atoms with Crippen molar-refractivity contribution in [1.29, 1.82) is 0 Å². The summed E-state index contributed by atoms with van der Waals surface area (Å²) in [6.07, 6.45) is -0.270. The van der Waals surface area contributed by atoms with Gasteiger partial charge in [0.15, 0.2) is 0 Å². The van der Waals surface area contributed by atoms with Gasteiger partial charge in [0.2, 0.25) is 5.91 Å². The minimum atomic E-state index is -4.59. The van der Waals surface area contributed by atoms with Crippen molar-refractivity contribution < 1.29 is 26.4 Å². The molecule has 2 aliphatic rings. The highest BCUT2D eigenvalue weighted by atomic mass is 79.9. The standard InChI is InChI=1S/C21H20BrF3N2O3S/c22-17-10-14-8-9-27(20(28)13-4-1-2-5-13)18(14)12-19(17)31(29,30)26-16-7-3-6-15(11-16)21(23,24)25/h3,6-7,10-13,26H,1-2,4-5,8-9H2. The van der Waals surface area contributed by atoms with Gasteiger partial charge in [-0.25, -0.2) is 8.42 Å². The molecule has 4 rings (SSSR count). The lowest BCUT2D eigenvalue weighted by molar-refractivity contribution is -0.137. The van der Waals surface area contributed by atoms with E-state index in [2.05, 4.69) is 20.7 Å². The molecule has 0 aromatic heterocycles. The minimum absolute atomic E-state index is 0.00718. The van der Waals surface area contributed by atoms with E-state index >= 15 is 0 Å². The third-order valence-corrected chi connectivity index (χ3v) is 8.07. The predicted molar refractivity (Wildman–Crippen MR) is 114 cm³/mol. The summed E-state index contributed by atoms with van der Waals surface area (Å²) < 4.78 is 67.4. The lowest BCUT2D eigenvalue weighted by Crippen LogP contribution is -2.33. The molecule has 1 N–H and O–H groups in total. The van der Waals surface area contributed by atoms with Gasteiger partial charge in [-0.15, -0.1) is 0 Å².